The van der Waals surface area contributed by atoms with Gasteiger partial charge in [-0.2, -0.15) is 13.2 Å². The van der Waals surface area contributed by atoms with Crippen LogP contribution in [0.4, 0.5) is 18.9 Å². The van der Waals surface area contributed by atoms with Crippen molar-refractivity contribution < 1.29 is 17.6 Å². The highest BCUT2D eigenvalue weighted by atomic mass is 35.5. The Morgan fingerprint density at radius 3 is 2.72 bits per heavy atom. The van der Waals surface area contributed by atoms with Gasteiger partial charge >= 0.3 is 6.18 Å². The van der Waals surface area contributed by atoms with E-state index >= 15 is 0 Å². The number of alkyl halides is 3. The van der Waals surface area contributed by atoms with Crippen molar-refractivity contribution >= 4 is 17.3 Å². The molecule has 0 spiro atoms. The minimum Gasteiger partial charge on any atom is -0.447 e. The minimum absolute atomic E-state index is 0.00402. The quantitative estimate of drug-likeness (QED) is 0.922. The van der Waals surface area contributed by atoms with Gasteiger partial charge in [-0.05, 0) is 12.1 Å². The number of oxazole rings is 1. The number of hydrogen-bond acceptors (Lipinski definition) is 3. The van der Waals surface area contributed by atoms with Crippen molar-refractivity contribution in [2.24, 2.45) is 0 Å². The van der Waals surface area contributed by atoms with E-state index in [2.05, 4.69) is 10.3 Å². The molecule has 0 atom stereocenters. The molecule has 0 amide bonds. The summed E-state index contributed by atoms with van der Waals surface area (Å²) in [6.45, 7) is 0.0762. The molecule has 0 radical (unpaired) electrons. The van der Waals surface area contributed by atoms with Gasteiger partial charge < -0.3 is 9.73 Å². The van der Waals surface area contributed by atoms with Gasteiger partial charge in [0.2, 0.25) is 0 Å². The van der Waals surface area contributed by atoms with Crippen LogP contribution < -0.4 is 5.32 Å². The summed E-state index contributed by atoms with van der Waals surface area (Å²) in [6.07, 6.45) is -1.85. The van der Waals surface area contributed by atoms with Crippen molar-refractivity contribution in [3.05, 3.63) is 47.1 Å². The predicted octanol–water partition coefficient (Wildman–Crippen LogP) is 3.96. The van der Waals surface area contributed by atoms with Crippen molar-refractivity contribution in [2.45, 2.75) is 12.7 Å². The van der Waals surface area contributed by atoms with Crippen LogP contribution in [0.5, 0.6) is 0 Å². The van der Waals surface area contributed by atoms with Crippen LogP contribution in [0.25, 0.3) is 0 Å². The summed E-state index contributed by atoms with van der Waals surface area (Å²) in [7, 11) is 0. The van der Waals surface area contributed by atoms with E-state index in [1.54, 1.807) is 0 Å². The van der Waals surface area contributed by atoms with Gasteiger partial charge in [0.05, 0.1) is 29.0 Å². The molecule has 3 nitrogen and oxygen atoms in total. The molecule has 0 aliphatic heterocycles. The standard InChI is InChI=1S/C11H8ClF3N2O/c12-9-3-1-2-8(11(13,14)15)10(9)17-5-7-4-16-6-18-7/h1-4,6,17H,5H2. The van der Waals surface area contributed by atoms with Crippen LogP contribution in [0.1, 0.15) is 11.3 Å². The summed E-state index contributed by atoms with van der Waals surface area (Å²) in [6, 6.07) is 3.61. The minimum atomic E-state index is -4.46. The maximum absolute atomic E-state index is 12.8. The van der Waals surface area contributed by atoms with Crippen molar-refractivity contribution in [3.8, 4) is 0 Å². The Bertz CT molecular complexity index is 526. The summed E-state index contributed by atoms with van der Waals surface area (Å²) >= 11 is 5.77. The number of nitrogens with zero attached hydrogens (tertiary/aromatic N) is 1. The molecule has 2 aromatic rings. The van der Waals surface area contributed by atoms with E-state index in [1.165, 1.54) is 24.7 Å². The van der Waals surface area contributed by atoms with Gasteiger partial charge in [0, 0.05) is 0 Å². The second-order valence-electron chi connectivity index (χ2n) is 3.48. The summed E-state index contributed by atoms with van der Waals surface area (Å²) < 4.78 is 43.2. The molecule has 0 bridgehead atoms. The summed E-state index contributed by atoms with van der Waals surface area (Å²) in [5.41, 5.74) is -0.974. The molecule has 0 aliphatic rings. The van der Waals surface area contributed by atoms with Gasteiger partial charge in [0.1, 0.15) is 5.76 Å². The average molecular weight is 277 g/mol. The zero-order chi connectivity index (χ0) is 13.2. The third kappa shape index (κ3) is 2.76. The first kappa shape index (κ1) is 12.8. The maximum Gasteiger partial charge on any atom is 0.418 e. The maximum atomic E-state index is 12.8. The third-order valence-corrected chi connectivity index (χ3v) is 2.56. The molecule has 1 heterocycles. The van der Waals surface area contributed by atoms with Crippen LogP contribution in [-0.4, -0.2) is 4.98 Å². The van der Waals surface area contributed by atoms with E-state index in [-0.39, 0.29) is 17.3 Å². The van der Waals surface area contributed by atoms with Gasteiger partial charge in [-0.3, -0.25) is 0 Å². The summed E-state index contributed by atoms with van der Waals surface area (Å²) in [4.78, 5) is 3.67. The van der Waals surface area contributed by atoms with E-state index in [1.807, 2.05) is 0 Å². The molecule has 7 heteroatoms. The van der Waals surface area contributed by atoms with E-state index in [4.69, 9.17) is 16.0 Å². The number of para-hydroxylation sites is 1. The van der Waals surface area contributed by atoms with Crippen molar-refractivity contribution in [1.82, 2.24) is 4.98 Å². The molecule has 18 heavy (non-hydrogen) atoms. The summed E-state index contributed by atoms with van der Waals surface area (Å²) in [5, 5.41) is 2.61. The third-order valence-electron chi connectivity index (χ3n) is 2.24. The molecule has 0 saturated heterocycles. The molecule has 96 valence electrons. The monoisotopic (exact) mass is 276 g/mol. The van der Waals surface area contributed by atoms with Crippen molar-refractivity contribution in [3.63, 3.8) is 0 Å². The highest BCUT2D eigenvalue weighted by molar-refractivity contribution is 6.33. The van der Waals surface area contributed by atoms with E-state index in [0.717, 1.165) is 6.07 Å². The number of nitrogens with one attached hydrogen (secondary N) is 1. The van der Waals surface area contributed by atoms with Gasteiger partial charge in [-0.1, -0.05) is 17.7 Å². The van der Waals surface area contributed by atoms with Crippen molar-refractivity contribution in [2.75, 3.05) is 5.32 Å². The molecule has 1 aromatic heterocycles. The fraction of sp³-hybridized carbons (Fsp3) is 0.182. The normalized spacial score (nSPS) is 11.6. The van der Waals surface area contributed by atoms with Crippen LogP contribution >= 0.6 is 11.6 Å². The van der Waals surface area contributed by atoms with Crippen LogP contribution in [0.3, 0.4) is 0 Å². The van der Waals surface area contributed by atoms with Crippen LogP contribution in [0.2, 0.25) is 5.02 Å². The smallest absolute Gasteiger partial charge is 0.418 e. The lowest BCUT2D eigenvalue weighted by Gasteiger charge is -2.15. The largest absolute Gasteiger partial charge is 0.447 e. The lowest BCUT2D eigenvalue weighted by molar-refractivity contribution is -0.137. The Morgan fingerprint density at radius 1 is 1.33 bits per heavy atom. The highest BCUT2D eigenvalue weighted by Crippen LogP contribution is 2.38. The first-order chi connectivity index (χ1) is 8.48. The Labute approximate surface area is 106 Å². The number of halogens is 4. The predicted molar refractivity (Wildman–Crippen MR) is 60.3 cm³/mol. The Balaban J connectivity index is 2.26. The molecule has 1 N–H and O–H groups in total. The lowest BCUT2D eigenvalue weighted by atomic mass is 10.1. The van der Waals surface area contributed by atoms with Gasteiger partial charge in [0.15, 0.2) is 6.39 Å². The van der Waals surface area contributed by atoms with Crippen LogP contribution in [-0.2, 0) is 12.7 Å². The number of aromatic nitrogens is 1. The number of hydrogen-bond donors (Lipinski definition) is 1. The van der Waals surface area contributed by atoms with Gasteiger partial charge in [-0.25, -0.2) is 4.98 Å². The molecule has 0 aliphatic carbocycles. The van der Waals surface area contributed by atoms with Gasteiger partial charge in [-0.15, -0.1) is 0 Å². The Hall–Kier alpha value is -1.69. The zero-order valence-corrected chi connectivity index (χ0v) is 9.72. The number of rotatable bonds is 3. The first-order valence-corrected chi connectivity index (χ1v) is 5.33. The average Bonchev–Trinajstić information content (AvgIpc) is 2.78. The van der Waals surface area contributed by atoms with Crippen molar-refractivity contribution in [1.29, 1.82) is 0 Å². The second kappa shape index (κ2) is 4.89. The highest BCUT2D eigenvalue weighted by Gasteiger charge is 2.34. The molecule has 0 fully saturated rings. The number of benzene rings is 1. The van der Waals surface area contributed by atoms with E-state index in [0.29, 0.717) is 5.76 Å². The molecule has 0 saturated carbocycles. The lowest BCUT2D eigenvalue weighted by Crippen LogP contribution is -2.11. The SMILES string of the molecule is FC(F)(F)c1cccc(Cl)c1NCc1cnco1. The van der Waals surface area contributed by atoms with Gasteiger partial charge in [0.25, 0.3) is 0 Å². The fourth-order valence-corrected chi connectivity index (χ4v) is 1.69. The number of anilines is 1. The summed E-state index contributed by atoms with van der Waals surface area (Å²) in [5.74, 6) is 0.419. The molecule has 1 aromatic carbocycles. The van der Waals surface area contributed by atoms with E-state index in [9.17, 15) is 13.2 Å². The topological polar surface area (TPSA) is 38.1 Å². The van der Waals surface area contributed by atoms with Crippen LogP contribution in [0, 0.1) is 0 Å². The Kier molecular flexibility index (Phi) is 3.47. The van der Waals surface area contributed by atoms with Crippen LogP contribution in [0.15, 0.2) is 35.2 Å². The zero-order valence-electron chi connectivity index (χ0n) is 8.96. The first-order valence-electron chi connectivity index (χ1n) is 4.95. The molecule has 2 rings (SSSR count). The Morgan fingerprint density at radius 2 is 2.11 bits per heavy atom. The van der Waals surface area contributed by atoms with E-state index < -0.39 is 11.7 Å². The molecular weight excluding hydrogens is 269 g/mol. The molecule has 0 unspecified atom stereocenters. The fourth-order valence-electron chi connectivity index (χ4n) is 1.44. The second-order valence-corrected chi connectivity index (χ2v) is 3.89. The molecular formula is C11H8ClF3N2O.